The van der Waals surface area contributed by atoms with Crippen LogP contribution >= 0.6 is 0 Å². The molecule has 0 aliphatic heterocycles. The lowest BCUT2D eigenvalue weighted by Crippen LogP contribution is -2.18. The molecule has 0 amide bonds. The quantitative estimate of drug-likeness (QED) is 0.845. The lowest BCUT2D eigenvalue weighted by atomic mass is 10.1. The highest BCUT2D eigenvalue weighted by atomic mass is 19.4. The molecule has 2 rings (SSSR count). The summed E-state index contributed by atoms with van der Waals surface area (Å²) in [5.74, 6) is 0. The Labute approximate surface area is 122 Å². The van der Waals surface area contributed by atoms with E-state index >= 15 is 0 Å². The average molecular weight is 296 g/mol. The highest BCUT2D eigenvalue weighted by Gasteiger charge is 2.32. The van der Waals surface area contributed by atoms with Crippen LogP contribution in [0.2, 0.25) is 0 Å². The Kier molecular flexibility index (Phi) is 5.07. The molecule has 0 fully saturated rings. The Hall–Kier alpha value is -1.75. The van der Waals surface area contributed by atoms with Crippen LogP contribution in [0.25, 0.3) is 0 Å². The average Bonchev–Trinajstić information content (AvgIpc) is 2.86. The Bertz CT molecular complexity index is 573. The van der Waals surface area contributed by atoms with Gasteiger partial charge in [-0.05, 0) is 30.2 Å². The van der Waals surface area contributed by atoms with Gasteiger partial charge in [0.25, 0.3) is 0 Å². The zero-order chi connectivity index (χ0) is 15.3. The van der Waals surface area contributed by atoms with Gasteiger partial charge in [-0.25, -0.2) is 0 Å². The monoisotopic (exact) mass is 296 g/mol. The molecule has 21 heavy (non-hydrogen) atoms. The number of halogens is 3. The molecule has 2 nitrogen and oxygen atoms in total. The van der Waals surface area contributed by atoms with Gasteiger partial charge in [0, 0.05) is 31.5 Å². The molecule has 0 atom stereocenters. The van der Waals surface area contributed by atoms with Crippen LogP contribution in [0.15, 0.2) is 42.6 Å². The van der Waals surface area contributed by atoms with Gasteiger partial charge in [0.1, 0.15) is 0 Å². The number of aromatic nitrogens is 1. The minimum Gasteiger partial charge on any atom is -0.350 e. The van der Waals surface area contributed by atoms with Crippen LogP contribution in [0.3, 0.4) is 0 Å². The summed E-state index contributed by atoms with van der Waals surface area (Å²) in [4.78, 5) is 0. The first-order chi connectivity index (χ1) is 10.0. The van der Waals surface area contributed by atoms with Crippen LogP contribution in [0.1, 0.15) is 30.2 Å². The fourth-order valence-electron chi connectivity index (χ4n) is 2.35. The van der Waals surface area contributed by atoms with E-state index in [2.05, 4.69) is 16.8 Å². The van der Waals surface area contributed by atoms with E-state index in [1.807, 2.05) is 18.3 Å². The maximum absolute atomic E-state index is 12.9. The Balaban J connectivity index is 1.99. The first-order valence-corrected chi connectivity index (χ1v) is 7.02. The fraction of sp³-hybridized carbons (Fsp3) is 0.375. The molecule has 0 aliphatic rings. The third kappa shape index (κ3) is 4.11. The van der Waals surface area contributed by atoms with E-state index in [1.165, 1.54) is 12.1 Å². The van der Waals surface area contributed by atoms with Crippen molar-refractivity contribution >= 4 is 0 Å². The van der Waals surface area contributed by atoms with Crippen molar-refractivity contribution in [1.82, 2.24) is 9.88 Å². The molecule has 5 heteroatoms. The van der Waals surface area contributed by atoms with Crippen molar-refractivity contribution in [3.63, 3.8) is 0 Å². The molecule has 114 valence electrons. The van der Waals surface area contributed by atoms with Crippen molar-refractivity contribution in [2.24, 2.45) is 0 Å². The van der Waals surface area contributed by atoms with E-state index in [9.17, 15) is 13.2 Å². The second-order valence-corrected chi connectivity index (χ2v) is 4.95. The standard InChI is InChI=1S/C16H19F3N2/c1-2-9-21-10-5-7-14(21)12-20-11-13-6-3-4-8-15(13)16(17,18)19/h3-8,10,20H,2,9,11-12H2,1H3. The molecule has 1 aromatic heterocycles. The van der Waals surface area contributed by atoms with Gasteiger partial charge in [-0.1, -0.05) is 25.1 Å². The maximum Gasteiger partial charge on any atom is 0.416 e. The Morgan fingerprint density at radius 2 is 1.81 bits per heavy atom. The second-order valence-electron chi connectivity index (χ2n) is 4.95. The van der Waals surface area contributed by atoms with Gasteiger partial charge < -0.3 is 9.88 Å². The summed E-state index contributed by atoms with van der Waals surface area (Å²) in [5.41, 5.74) is 0.793. The minimum atomic E-state index is -4.30. The normalized spacial score (nSPS) is 11.8. The summed E-state index contributed by atoms with van der Waals surface area (Å²) < 4.78 is 40.8. The zero-order valence-electron chi connectivity index (χ0n) is 12.0. The molecule has 0 unspecified atom stereocenters. The molecular formula is C16H19F3N2. The van der Waals surface area contributed by atoms with E-state index in [4.69, 9.17) is 0 Å². The van der Waals surface area contributed by atoms with E-state index in [1.54, 1.807) is 6.07 Å². The predicted octanol–water partition coefficient (Wildman–Crippen LogP) is 4.21. The number of alkyl halides is 3. The predicted molar refractivity (Wildman–Crippen MR) is 76.7 cm³/mol. The molecule has 1 N–H and O–H groups in total. The largest absolute Gasteiger partial charge is 0.416 e. The number of nitrogens with one attached hydrogen (secondary N) is 1. The fourth-order valence-corrected chi connectivity index (χ4v) is 2.35. The van der Waals surface area contributed by atoms with Gasteiger partial charge in [-0.15, -0.1) is 0 Å². The van der Waals surface area contributed by atoms with Crippen LogP contribution in [0.4, 0.5) is 13.2 Å². The smallest absolute Gasteiger partial charge is 0.350 e. The summed E-state index contributed by atoms with van der Waals surface area (Å²) in [5, 5.41) is 3.09. The molecule has 0 saturated heterocycles. The van der Waals surface area contributed by atoms with E-state index in [0.29, 0.717) is 6.54 Å². The summed E-state index contributed by atoms with van der Waals surface area (Å²) in [7, 11) is 0. The molecule has 2 aromatic rings. The maximum atomic E-state index is 12.9. The molecule has 0 saturated carbocycles. The molecule has 0 radical (unpaired) electrons. The van der Waals surface area contributed by atoms with Crippen LogP contribution < -0.4 is 5.32 Å². The number of nitrogens with zero attached hydrogens (tertiary/aromatic N) is 1. The van der Waals surface area contributed by atoms with Gasteiger partial charge in [0.2, 0.25) is 0 Å². The Morgan fingerprint density at radius 3 is 2.52 bits per heavy atom. The number of hydrogen-bond acceptors (Lipinski definition) is 1. The van der Waals surface area contributed by atoms with Crippen molar-refractivity contribution in [2.75, 3.05) is 0 Å². The highest BCUT2D eigenvalue weighted by Crippen LogP contribution is 2.31. The van der Waals surface area contributed by atoms with Crippen molar-refractivity contribution in [3.8, 4) is 0 Å². The lowest BCUT2D eigenvalue weighted by molar-refractivity contribution is -0.138. The van der Waals surface area contributed by atoms with Gasteiger partial charge in [0.15, 0.2) is 0 Å². The third-order valence-electron chi connectivity index (χ3n) is 3.33. The number of aryl methyl sites for hydroxylation is 1. The van der Waals surface area contributed by atoms with E-state index < -0.39 is 11.7 Å². The van der Waals surface area contributed by atoms with Gasteiger partial charge in [-0.3, -0.25) is 0 Å². The molecule has 0 aliphatic carbocycles. The zero-order valence-corrected chi connectivity index (χ0v) is 12.0. The topological polar surface area (TPSA) is 17.0 Å². The van der Waals surface area contributed by atoms with Crippen LogP contribution in [-0.4, -0.2) is 4.57 Å². The van der Waals surface area contributed by atoms with Gasteiger partial charge in [0.05, 0.1) is 5.56 Å². The minimum absolute atomic E-state index is 0.201. The van der Waals surface area contributed by atoms with Crippen molar-refractivity contribution in [3.05, 3.63) is 59.4 Å². The molecule has 0 bridgehead atoms. The number of rotatable bonds is 6. The molecule has 0 spiro atoms. The summed E-state index contributed by atoms with van der Waals surface area (Å²) in [6.07, 6.45) is -1.29. The summed E-state index contributed by atoms with van der Waals surface area (Å²) in [6.45, 7) is 3.77. The highest BCUT2D eigenvalue weighted by molar-refractivity contribution is 5.29. The second kappa shape index (κ2) is 6.80. The van der Waals surface area contributed by atoms with Crippen LogP contribution in [-0.2, 0) is 25.8 Å². The van der Waals surface area contributed by atoms with Crippen LogP contribution in [0.5, 0.6) is 0 Å². The summed E-state index contributed by atoms with van der Waals surface area (Å²) >= 11 is 0. The lowest BCUT2D eigenvalue weighted by Gasteiger charge is -2.14. The van der Waals surface area contributed by atoms with E-state index in [0.717, 1.165) is 24.7 Å². The first kappa shape index (κ1) is 15.6. The third-order valence-corrected chi connectivity index (χ3v) is 3.33. The van der Waals surface area contributed by atoms with Gasteiger partial charge >= 0.3 is 6.18 Å². The Morgan fingerprint density at radius 1 is 1.05 bits per heavy atom. The van der Waals surface area contributed by atoms with E-state index in [-0.39, 0.29) is 12.1 Å². The summed E-state index contributed by atoms with van der Waals surface area (Å²) in [6, 6.07) is 9.62. The molecular weight excluding hydrogens is 277 g/mol. The molecule has 1 heterocycles. The van der Waals surface area contributed by atoms with Crippen molar-refractivity contribution in [1.29, 1.82) is 0 Å². The number of benzene rings is 1. The van der Waals surface area contributed by atoms with Crippen molar-refractivity contribution < 1.29 is 13.2 Å². The first-order valence-electron chi connectivity index (χ1n) is 7.02. The number of hydrogen-bond donors (Lipinski definition) is 1. The van der Waals surface area contributed by atoms with Crippen molar-refractivity contribution in [2.45, 2.75) is 39.2 Å². The SMILES string of the molecule is CCCn1cccc1CNCc1ccccc1C(F)(F)F. The van der Waals surface area contributed by atoms with Crippen LogP contribution in [0, 0.1) is 0 Å². The van der Waals surface area contributed by atoms with Gasteiger partial charge in [-0.2, -0.15) is 13.2 Å². The molecule has 1 aromatic carbocycles.